The molecule has 110 valence electrons. The SMILES string of the molecule is CS(=O)(=O)NCCCn1c(N)nc2c(F)cc(F)cc21. The van der Waals surface area contributed by atoms with E-state index in [4.69, 9.17) is 5.73 Å². The zero-order chi connectivity index (χ0) is 14.9. The predicted molar refractivity (Wildman–Crippen MR) is 71.5 cm³/mol. The number of aryl methyl sites for hydroxylation is 1. The van der Waals surface area contributed by atoms with Crippen molar-refractivity contribution in [1.29, 1.82) is 0 Å². The Morgan fingerprint density at radius 1 is 1.40 bits per heavy atom. The Bertz CT molecular complexity index is 742. The number of aromatic nitrogens is 2. The van der Waals surface area contributed by atoms with E-state index in [2.05, 4.69) is 9.71 Å². The van der Waals surface area contributed by atoms with E-state index in [0.29, 0.717) is 13.0 Å². The van der Waals surface area contributed by atoms with Crippen LogP contribution in [-0.2, 0) is 16.6 Å². The maximum atomic E-state index is 13.5. The Balaban J connectivity index is 2.20. The van der Waals surface area contributed by atoms with Crippen LogP contribution in [0.25, 0.3) is 11.0 Å². The summed E-state index contributed by atoms with van der Waals surface area (Å²) >= 11 is 0. The number of sulfonamides is 1. The normalized spacial score (nSPS) is 12.2. The van der Waals surface area contributed by atoms with Crippen LogP contribution in [0, 0.1) is 11.6 Å². The molecule has 1 aromatic heterocycles. The topological polar surface area (TPSA) is 90.0 Å². The second-order valence-electron chi connectivity index (χ2n) is 4.40. The molecule has 0 aliphatic heterocycles. The number of hydrogen-bond donors (Lipinski definition) is 2. The summed E-state index contributed by atoms with van der Waals surface area (Å²) in [6, 6.07) is 1.89. The van der Waals surface area contributed by atoms with E-state index >= 15 is 0 Å². The first kappa shape index (κ1) is 14.7. The van der Waals surface area contributed by atoms with Crippen LogP contribution in [0.2, 0.25) is 0 Å². The van der Waals surface area contributed by atoms with Crippen LogP contribution >= 0.6 is 0 Å². The Hall–Kier alpha value is -1.74. The van der Waals surface area contributed by atoms with Crippen molar-refractivity contribution in [2.24, 2.45) is 0 Å². The van der Waals surface area contributed by atoms with E-state index in [0.717, 1.165) is 18.4 Å². The second kappa shape index (κ2) is 5.33. The highest BCUT2D eigenvalue weighted by molar-refractivity contribution is 7.88. The van der Waals surface area contributed by atoms with Gasteiger partial charge >= 0.3 is 0 Å². The van der Waals surface area contributed by atoms with Crippen LogP contribution in [0.4, 0.5) is 14.7 Å². The fourth-order valence-electron chi connectivity index (χ4n) is 1.90. The number of nitrogen functional groups attached to an aromatic ring is 1. The van der Waals surface area contributed by atoms with Gasteiger partial charge in [-0.15, -0.1) is 0 Å². The number of fused-ring (bicyclic) bond motifs is 1. The van der Waals surface area contributed by atoms with Crippen molar-refractivity contribution >= 4 is 27.0 Å². The van der Waals surface area contributed by atoms with Gasteiger partial charge < -0.3 is 10.3 Å². The fourth-order valence-corrected chi connectivity index (χ4v) is 2.41. The minimum Gasteiger partial charge on any atom is -0.369 e. The Morgan fingerprint density at radius 2 is 2.10 bits per heavy atom. The summed E-state index contributed by atoms with van der Waals surface area (Å²) in [4.78, 5) is 3.84. The lowest BCUT2D eigenvalue weighted by Gasteiger charge is -2.07. The molecule has 1 heterocycles. The molecule has 0 spiro atoms. The lowest BCUT2D eigenvalue weighted by molar-refractivity contribution is 0.577. The summed E-state index contributed by atoms with van der Waals surface area (Å²) < 4.78 is 52.3. The third-order valence-corrected chi connectivity index (χ3v) is 3.45. The van der Waals surface area contributed by atoms with Crippen LogP contribution < -0.4 is 10.5 Å². The van der Waals surface area contributed by atoms with Crippen molar-refractivity contribution < 1.29 is 17.2 Å². The Labute approximate surface area is 114 Å². The van der Waals surface area contributed by atoms with Gasteiger partial charge in [-0.1, -0.05) is 0 Å². The van der Waals surface area contributed by atoms with Gasteiger partial charge in [0.2, 0.25) is 16.0 Å². The van der Waals surface area contributed by atoms with Crippen molar-refractivity contribution in [3.8, 4) is 0 Å². The summed E-state index contributed by atoms with van der Waals surface area (Å²) in [7, 11) is -3.26. The number of halogens is 2. The van der Waals surface area contributed by atoms with Crippen LogP contribution in [0.1, 0.15) is 6.42 Å². The molecule has 9 heteroatoms. The molecule has 0 amide bonds. The van der Waals surface area contributed by atoms with Crippen molar-refractivity contribution in [3.05, 3.63) is 23.8 Å². The summed E-state index contributed by atoms with van der Waals surface area (Å²) in [5.41, 5.74) is 5.91. The number of nitrogens with one attached hydrogen (secondary N) is 1. The summed E-state index contributed by atoms with van der Waals surface area (Å²) in [5.74, 6) is -1.44. The predicted octanol–water partition coefficient (Wildman–Crippen LogP) is 0.836. The number of rotatable bonds is 5. The maximum Gasteiger partial charge on any atom is 0.208 e. The molecule has 0 saturated carbocycles. The third-order valence-electron chi connectivity index (χ3n) is 2.72. The van der Waals surface area contributed by atoms with Crippen molar-refractivity contribution in [1.82, 2.24) is 14.3 Å². The van der Waals surface area contributed by atoms with Gasteiger partial charge in [0.1, 0.15) is 11.3 Å². The molecule has 2 aromatic rings. The van der Waals surface area contributed by atoms with Crippen LogP contribution in [0.3, 0.4) is 0 Å². The average Bonchev–Trinajstić information content (AvgIpc) is 2.61. The first-order valence-electron chi connectivity index (χ1n) is 5.83. The zero-order valence-electron chi connectivity index (χ0n) is 10.7. The van der Waals surface area contributed by atoms with Gasteiger partial charge in [0.05, 0.1) is 11.8 Å². The Morgan fingerprint density at radius 3 is 2.75 bits per heavy atom. The summed E-state index contributed by atoms with van der Waals surface area (Å²) in [5, 5.41) is 0. The van der Waals surface area contributed by atoms with Gasteiger partial charge in [-0.05, 0) is 6.42 Å². The Kier molecular flexibility index (Phi) is 3.91. The van der Waals surface area contributed by atoms with E-state index in [1.807, 2.05) is 0 Å². The quantitative estimate of drug-likeness (QED) is 0.801. The largest absolute Gasteiger partial charge is 0.369 e. The van der Waals surface area contributed by atoms with Gasteiger partial charge in [0, 0.05) is 25.2 Å². The first-order chi connectivity index (χ1) is 9.28. The van der Waals surface area contributed by atoms with Gasteiger partial charge in [0.15, 0.2) is 5.82 Å². The molecule has 6 nitrogen and oxygen atoms in total. The minimum atomic E-state index is -3.26. The van der Waals surface area contributed by atoms with Crippen LogP contribution in [-0.4, -0.2) is 30.8 Å². The third kappa shape index (κ3) is 3.23. The molecule has 0 saturated heterocycles. The number of anilines is 1. The van der Waals surface area contributed by atoms with E-state index in [1.165, 1.54) is 4.57 Å². The maximum absolute atomic E-state index is 13.5. The smallest absolute Gasteiger partial charge is 0.208 e. The number of nitrogens with zero attached hydrogens (tertiary/aromatic N) is 2. The van der Waals surface area contributed by atoms with Crippen molar-refractivity contribution in [3.63, 3.8) is 0 Å². The average molecular weight is 304 g/mol. The molecule has 0 atom stereocenters. The molecule has 0 aliphatic rings. The zero-order valence-corrected chi connectivity index (χ0v) is 11.5. The van der Waals surface area contributed by atoms with Gasteiger partial charge in [-0.3, -0.25) is 0 Å². The monoisotopic (exact) mass is 304 g/mol. The molecule has 0 fully saturated rings. The standard InChI is InChI=1S/C11H14F2N4O2S/c1-20(18,19)15-3-2-4-17-9-6-7(12)5-8(13)10(9)16-11(17)14/h5-6,15H,2-4H2,1H3,(H2,14,16). The number of benzene rings is 1. The molecule has 3 N–H and O–H groups in total. The van der Waals surface area contributed by atoms with E-state index < -0.39 is 21.7 Å². The second-order valence-corrected chi connectivity index (χ2v) is 6.23. The van der Waals surface area contributed by atoms with Crippen molar-refractivity contribution in [2.75, 3.05) is 18.5 Å². The molecule has 2 rings (SSSR count). The van der Waals surface area contributed by atoms with Gasteiger partial charge in [-0.2, -0.15) is 0 Å². The van der Waals surface area contributed by atoms with E-state index in [1.54, 1.807) is 0 Å². The van der Waals surface area contributed by atoms with Gasteiger partial charge in [0.25, 0.3) is 0 Å². The highest BCUT2D eigenvalue weighted by Crippen LogP contribution is 2.22. The molecular weight excluding hydrogens is 290 g/mol. The van der Waals surface area contributed by atoms with Gasteiger partial charge in [-0.25, -0.2) is 26.9 Å². The molecule has 0 unspecified atom stereocenters. The lowest BCUT2D eigenvalue weighted by atomic mass is 10.3. The molecular formula is C11H14F2N4O2S. The van der Waals surface area contributed by atoms with Crippen molar-refractivity contribution in [2.45, 2.75) is 13.0 Å². The highest BCUT2D eigenvalue weighted by Gasteiger charge is 2.13. The molecule has 20 heavy (non-hydrogen) atoms. The number of imidazole rings is 1. The summed E-state index contributed by atoms with van der Waals surface area (Å²) in [6.45, 7) is 0.503. The minimum absolute atomic E-state index is 0.0000257. The van der Waals surface area contributed by atoms with E-state index in [9.17, 15) is 17.2 Å². The molecule has 0 bridgehead atoms. The summed E-state index contributed by atoms with van der Waals surface area (Å²) in [6.07, 6.45) is 1.47. The lowest BCUT2D eigenvalue weighted by Crippen LogP contribution is -2.24. The first-order valence-corrected chi connectivity index (χ1v) is 7.72. The number of nitrogens with two attached hydrogens (primary N) is 1. The van der Waals surface area contributed by atoms with E-state index in [-0.39, 0.29) is 23.5 Å². The molecule has 0 radical (unpaired) electrons. The van der Waals surface area contributed by atoms with Crippen LogP contribution in [0.15, 0.2) is 12.1 Å². The number of hydrogen-bond acceptors (Lipinski definition) is 4. The molecule has 0 aliphatic carbocycles. The highest BCUT2D eigenvalue weighted by atomic mass is 32.2. The fraction of sp³-hybridized carbons (Fsp3) is 0.364. The molecule has 1 aromatic carbocycles. The van der Waals surface area contributed by atoms with Crippen LogP contribution in [0.5, 0.6) is 0 Å².